The smallest absolute Gasteiger partial charge is 0.251 e. The quantitative estimate of drug-likeness (QED) is 0.895. The molecule has 1 aromatic heterocycles. The van der Waals surface area contributed by atoms with E-state index < -0.39 is 0 Å². The molecule has 0 spiro atoms. The molecule has 0 saturated carbocycles. The molecule has 3 heteroatoms. The molecule has 0 saturated heterocycles. The molecule has 0 aliphatic rings. The molecule has 0 unspecified atom stereocenters. The van der Waals surface area contributed by atoms with Crippen molar-refractivity contribution in [3.05, 3.63) is 52.6 Å². The summed E-state index contributed by atoms with van der Waals surface area (Å²) in [6, 6.07) is 11.3. The maximum atomic E-state index is 11.6. The molecule has 0 bridgehead atoms. The number of nitrogens with one attached hydrogen (secondary N) is 1. The van der Waals surface area contributed by atoms with E-state index in [9.17, 15) is 4.79 Å². The first-order chi connectivity index (χ1) is 8.65. The van der Waals surface area contributed by atoms with Crippen LogP contribution in [-0.4, -0.2) is 9.97 Å². The Labute approximate surface area is 107 Å². The predicted molar refractivity (Wildman–Crippen MR) is 73.5 cm³/mol. The van der Waals surface area contributed by atoms with Crippen LogP contribution in [-0.2, 0) is 6.42 Å². The van der Waals surface area contributed by atoms with Crippen LogP contribution >= 0.6 is 0 Å². The van der Waals surface area contributed by atoms with Gasteiger partial charge < -0.3 is 4.98 Å². The Hall–Kier alpha value is -1.90. The van der Waals surface area contributed by atoms with Crippen molar-refractivity contribution >= 4 is 0 Å². The minimum atomic E-state index is -0.0809. The van der Waals surface area contributed by atoms with Crippen LogP contribution in [0.3, 0.4) is 0 Å². The fourth-order valence-electron chi connectivity index (χ4n) is 1.81. The Balaban J connectivity index is 2.30. The Morgan fingerprint density at radius 3 is 2.61 bits per heavy atom. The van der Waals surface area contributed by atoms with Gasteiger partial charge in [-0.15, -0.1) is 0 Å². The van der Waals surface area contributed by atoms with E-state index in [0.29, 0.717) is 5.92 Å². The van der Waals surface area contributed by atoms with Gasteiger partial charge in [-0.25, -0.2) is 4.98 Å². The fraction of sp³-hybridized carbons (Fsp3) is 0.333. The van der Waals surface area contributed by atoms with Gasteiger partial charge in [-0.2, -0.15) is 0 Å². The second kappa shape index (κ2) is 5.63. The van der Waals surface area contributed by atoms with Gasteiger partial charge >= 0.3 is 0 Å². The number of hydrogen-bond acceptors (Lipinski definition) is 2. The number of nitrogens with zero attached hydrogens (tertiary/aromatic N) is 1. The number of hydrogen-bond donors (Lipinski definition) is 1. The van der Waals surface area contributed by atoms with Gasteiger partial charge in [0.25, 0.3) is 5.56 Å². The van der Waals surface area contributed by atoms with E-state index >= 15 is 0 Å². The number of H-pyrrole nitrogens is 1. The first-order valence-corrected chi connectivity index (χ1v) is 6.31. The molecular weight excluding hydrogens is 224 g/mol. The monoisotopic (exact) mass is 242 g/mol. The van der Waals surface area contributed by atoms with Crippen LogP contribution in [0.1, 0.15) is 26.1 Å². The summed E-state index contributed by atoms with van der Waals surface area (Å²) in [5.41, 5.74) is 1.65. The summed E-state index contributed by atoms with van der Waals surface area (Å²) >= 11 is 0. The molecule has 2 rings (SSSR count). The van der Waals surface area contributed by atoms with E-state index in [1.165, 1.54) is 0 Å². The molecule has 1 aromatic carbocycles. The summed E-state index contributed by atoms with van der Waals surface area (Å²) in [5, 5.41) is 0. The van der Waals surface area contributed by atoms with Gasteiger partial charge in [0.15, 0.2) is 0 Å². The molecule has 0 amide bonds. The van der Waals surface area contributed by atoms with Crippen LogP contribution in [0.25, 0.3) is 11.3 Å². The maximum absolute atomic E-state index is 11.6. The Morgan fingerprint density at radius 1 is 1.22 bits per heavy atom. The summed E-state index contributed by atoms with van der Waals surface area (Å²) in [6.45, 7) is 4.33. The van der Waals surface area contributed by atoms with E-state index in [1.54, 1.807) is 6.07 Å². The molecule has 3 nitrogen and oxygen atoms in total. The highest BCUT2D eigenvalue weighted by Crippen LogP contribution is 2.15. The molecule has 2 aromatic rings. The topological polar surface area (TPSA) is 45.8 Å². The lowest BCUT2D eigenvalue weighted by Gasteiger charge is -2.06. The zero-order valence-corrected chi connectivity index (χ0v) is 10.8. The van der Waals surface area contributed by atoms with E-state index in [4.69, 9.17) is 0 Å². The van der Waals surface area contributed by atoms with Crippen LogP contribution in [0.5, 0.6) is 0 Å². The van der Waals surface area contributed by atoms with Gasteiger partial charge in [0.2, 0.25) is 0 Å². The standard InChI is InChI=1S/C15H18N2O/c1-11(2)8-9-14-16-13(10-15(18)17-14)12-6-4-3-5-7-12/h3-7,10-11H,8-9H2,1-2H3,(H,16,17,18). The number of rotatable bonds is 4. The molecule has 0 radical (unpaired) electrons. The van der Waals surface area contributed by atoms with Gasteiger partial charge in [0, 0.05) is 18.1 Å². The molecule has 0 fully saturated rings. The van der Waals surface area contributed by atoms with E-state index in [2.05, 4.69) is 23.8 Å². The molecule has 1 N–H and O–H groups in total. The van der Waals surface area contributed by atoms with E-state index in [-0.39, 0.29) is 5.56 Å². The first kappa shape index (κ1) is 12.6. The zero-order valence-electron chi connectivity index (χ0n) is 10.8. The first-order valence-electron chi connectivity index (χ1n) is 6.31. The van der Waals surface area contributed by atoms with Crippen molar-refractivity contribution in [1.82, 2.24) is 9.97 Å². The molecule has 18 heavy (non-hydrogen) atoms. The molecule has 0 aliphatic heterocycles. The van der Waals surface area contributed by atoms with Crippen molar-refractivity contribution in [2.24, 2.45) is 5.92 Å². The van der Waals surface area contributed by atoms with Gasteiger partial charge in [-0.3, -0.25) is 4.79 Å². The second-order valence-corrected chi connectivity index (χ2v) is 4.88. The molecule has 0 atom stereocenters. The van der Waals surface area contributed by atoms with Crippen molar-refractivity contribution in [3.63, 3.8) is 0 Å². The number of aromatic nitrogens is 2. The summed E-state index contributed by atoms with van der Waals surface area (Å²) in [7, 11) is 0. The third-order valence-corrected chi connectivity index (χ3v) is 2.82. The molecular formula is C15H18N2O. The number of aryl methyl sites for hydroxylation is 1. The van der Waals surface area contributed by atoms with E-state index in [1.807, 2.05) is 30.3 Å². The van der Waals surface area contributed by atoms with Gasteiger partial charge in [0.05, 0.1) is 5.69 Å². The largest absolute Gasteiger partial charge is 0.311 e. The highest BCUT2D eigenvalue weighted by Gasteiger charge is 2.04. The Morgan fingerprint density at radius 2 is 1.94 bits per heavy atom. The van der Waals surface area contributed by atoms with Crippen molar-refractivity contribution in [1.29, 1.82) is 0 Å². The summed E-state index contributed by atoms with van der Waals surface area (Å²) in [4.78, 5) is 19.0. The van der Waals surface area contributed by atoms with Gasteiger partial charge in [-0.1, -0.05) is 44.2 Å². The molecule has 1 heterocycles. The lowest BCUT2D eigenvalue weighted by molar-refractivity contribution is 0.574. The van der Waals surface area contributed by atoms with Crippen molar-refractivity contribution in [2.45, 2.75) is 26.7 Å². The maximum Gasteiger partial charge on any atom is 0.251 e. The Bertz CT molecular complexity index is 558. The van der Waals surface area contributed by atoms with Crippen LogP contribution in [0.2, 0.25) is 0 Å². The molecule has 0 aliphatic carbocycles. The minimum absolute atomic E-state index is 0.0809. The predicted octanol–water partition coefficient (Wildman–Crippen LogP) is 3.03. The minimum Gasteiger partial charge on any atom is -0.311 e. The zero-order chi connectivity index (χ0) is 13.0. The summed E-state index contributed by atoms with van der Waals surface area (Å²) < 4.78 is 0. The van der Waals surface area contributed by atoms with Crippen LogP contribution in [0.15, 0.2) is 41.2 Å². The van der Waals surface area contributed by atoms with Gasteiger partial charge in [-0.05, 0) is 12.3 Å². The summed E-state index contributed by atoms with van der Waals surface area (Å²) in [6.07, 6.45) is 1.84. The number of benzene rings is 1. The normalized spacial score (nSPS) is 10.8. The van der Waals surface area contributed by atoms with Crippen molar-refractivity contribution < 1.29 is 0 Å². The third kappa shape index (κ3) is 3.29. The lowest BCUT2D eigenvalue weighted by Crippen LogP contribution is -2.11. The SMILES string of the molecule is CC(C)CCc1nc(-c2ccccc2)cc(=O)[nH]1. The molecule has 94 valence electrons. The number of aromatic amines is 1. The van der Waals surface area contributed by atoms with Crippen LogP contribution in [0, 0.1) is 5.92 Å². The average Bonchev–Trinajstić information content (AvgIpc) is 2.37. The third-order valence-electron chi connectivity index (χ3n) is 2.82. The average molecular weight is 242 g/mol. The van der Waals surface area contributed by atoms with Crippen LogP contribution in [0.4, 0.5) is 0 Å². The van der Waals surface area contributed by atoms with Gasteiger partial charge in [0.1, 0.15) is 5.82 Å². The van der Waals surface area contributed by atoms with Crippen LogP contribution < -0.4 is 5.56 Å². The fourth-order valence-corrected chi connectivity index (χ4v) is 1.81. The lowest BCUT2D eigenvalue weighted by atomic mass is 10.1. The van der Waals surface area contributed by atoms with E-state index in [0.717, 1.165) is 29.9 Å². The highest BCUT2D eigenvalue weighted by molar-refractivity contribution is 5.58. The Kier molecular flexibility index (Phi) is 3.92. The second-order valence-electron chi connectivity index (χ2n) is 4.88. The highest BCUT2D eigenvalue weighted by atomic mass is 16.1. The van der Waals surface area contributed by atoms with Crippen molar-refractivity contribution in [2.75, 3.05) is 0 Å². The summed E-state index contributed by atoms with van der Waals surface area (Å²) in [5.74, 6) is 1.38. The van der Waals surface area contributed by atoms with Crippen molar-refractivity contribution in [3.8, 4) is 11.3 Å².